The molecule has 3 heterocycles. The van der Waals surface area contributed by atoms with Gasteiger partial charge >= 0.3 is 0 Å². The number of halogens is 1. The maximum Gasteiger partial charge on any atom is 0.230 e. The van der Waals surface area contributed by atoms with Crippen molar-refractivity contribution in [3.63, 3.8) is 0 Å². The van der Waals surface area contributed by atoms with Crippen molar-refractivity contribution in [2.75, 3.05) is 19.8 Å². The zero-order chi connectivity index (χ0) is 23.4. The van der Waals surface area contributed by atoms with E-state index < -0.39 is 8.07 Å². The van der Waals surface area contributed by atoms with Gasteiger partial charge in [0.1, 0.15) is 18.5 Å². The van der Waals surface area contributed by atoms with E-state index >= 15 is 0 Å². The van der Waals surface area contributed by atoms with Crippen molar-refractivity contribution in [2.45, 2.75) is 57.5 Å². The Balaban J connectivity index is 1.43. The monoisotopic (exact) mass is 531 g/mol. The first-order valence-electron chi connectivity index (χ1n) is 11.6. The SMILES string of the molecule is CC(N[C@@H]1COC[C@H]1Oc1nc2c(ccn2COCC[Si](C)(C)C)cc1Br)c1ccccc1. The summed E-state index contributed by atoms with van der Waals surface area (Å²) >= 11 is 3.64. The molecule has 1 unspecified atom stereocenters. The molecule has 0 amide bonds. The number of pyridine rings is 1. The number of rotatable bonds is 10. The maximum absolute atomic E-state index is 6.36. The summed E-state index contributed by atoms with van der Waals surface area (Å²) in [5, 5.41) is 4.71. The molecule has 2 aromatic heterocycles. The molecule has 1 aromatic carbocycles. The predicted molar refractivity (Wildman–Crippen MR) is 139 cm³/mol. The van der Waals surface area contributed by atoms with Gasteiger partial charge in [-0.3, -0.25) is 0 Å². The highest BCUT2D eigenvalue weighted by molar-refractivity contribution is 9.10. The van der Waals surface area contributed by atoms with Crippen molar-refractivity contribution < 1.29 is 14.2 Å². The predicted octanol–water partition coefficient (Wildman–Crippen LogP) is 5.61. The molecule has 4 rings (SSSR count). The summed E-state index contributed by atoms with van der Waals surface area (Å²) < 4.78 is 20.9. The van der Waals surface area contributed by atoms with Crippen LogP contribution >= 0.6 is 15.9 Å². The number of nitrogens with one attached hydrogen (secondary N) is 1. The highest BCUT2D eigenvalue weighted by atomic mass is 79.9. The van der Waals surface area contributed by atoms with Crippen LogP contribution in [0.1, 0.15) is 18.5 Å². The minimum atomic E-state index is -1.10. The van der Waals surface area contributed by atoms with Crippen LogP contribution in [-0.4, -0.2) is 49.6 Å². The van der Waals surface area contributed by atoms with Crippen molar-refractivity contribution in [3.8, 4) is 5.88 Å². The first kappa shape index (κ1) is 24.4. The summed E-state index contributed by atoms with van der Waals surface area (Å²) in [6, 6.07) is 16.0. The largest absolute Gasteiger partial charge is 0.469 e. The summed E-state index contributed by atoms with van der Waals surface area (Å²) in [7, 11) is -1.10. The Morgan fingerprint density at radius 1 is 1.21 bits per heavy atom. The summed E-state index contributed by atoms with van der Waals surface area (Å²) in [5.41, 5.74) is 2.11. The van der Waals surface area contributed by atoms with Crippen molar-refractivity contribution in [2.24, 2.45) is 0 Å². The zero-order valence-corrected chi connectivity index (χ0v) is 22.5. The van der Waals surface area contributed by atoms with E-state index in [4.69, 9.17) is 19.2 Å². The molecule has 1 N–H and O–H groups in total. The fraction of sp³-hybridized carbons (Fsp3) is 0.480. The molecule has 1 saturated heterocycles. The van der Waals surface area contributed by atoms with Crippen molar-refractivity contribution in [1.82, 2.24) is 14.9 Å². The average molecular weight is 533 g/mol. The van der Waals surface area contributed by atoms with Crippen LogP contribution in [0.3, 0.4) is 0 Å². The molecule has 0 aliphatic carbocycles. The van der Waals surface area contributed by atoms with Crippen molar-refractivity contribution in [1.29, 1.82) is 0 Å². The van der Waals surface area contributed by atoms with E-state index in [1.807, 2.05) is 16.8 Å². The number of hydrogen-bond acceptors (Lipinski definition) is 5. The molecule has 1 aliphatic rings. The Kier molecular flexibility index (Phi) is 7.91. The molecular weight excluding hydrogens is 498 g/mol. The second-order valence-corrected chi connectivity index (χ2v) is 16.4. The van der Waals surface area contributed by atoms with Gasteiger partial charge in [-0.15, -0.1) is 0 Å². The summed E-state index contributed by atoms with van der Waals surface area (Å²) in [6.45, 7) is 11.7. The average Bonchev–Trinajstić information content (AvgIpc) is 3.38. The Morgan fingerprint density at radius 2 is 2.00 bits per heavy atom. The normalized spacial score (nSPS) is 19.8. The second-order valence-electron chi connectivity index (χ2n) is 9.92. The molecular formula is C25H34BrN3O3Si. The van der Waals surface area contributed by atoms with Gasteiger partial charge in [-0.05, 0) is 46.6 Å². The van der Waals surface area contributed by atoms with E-state index in [0.717, 1.165) is 28.2 Å². The van der Waals surface area contributed by atoms with Gasteiger partial charge in [0.2, 0.25) is 5.88 Å². The Labute approximate surface area is 205 Å². The van der Waals surface area contributed by atoms with E-state index in [2.05, 4.69) is 84.2 Å². The molecule has 3 aromatic rings. The molecule has 178 valence electrons. The van der Waals surface area contributed by atoms with Crippen LogP contribution in [0.25, 0.3) is 11.0 Å². The van der Waals surface area contributed by atoms with E-state index in [9.17, 15) is 0 Å². The minimum absolute atomic E-state index is 0.0845. The smallest absolute Gasteiger partial charge is 0.230 e. The van der Waals surface area contributed by atoms with Crippen LogP contribution in [0.2, 0.25) is 25.7 Å². The van der Waals surface area contributed by atoms with E-state index in [0.29, 0.717) is 25.8 Å². The lowest BCUT2D eigenvalue weighted by atomic mass is 10.1. The third kappa shape index (κ3) is 6.45. The lowest BCUT2D eigenvalue weighted by Gasteiger charge is -2.24. The first-order valence-corrected chi connectivity index (χ1v) is 16.1. The number of aromatic nitrogens is 2. The third-order valence-corrected chi connectivity index (χ3v) is 8.21. The molecule has 3 atom stereocenters. The van der Waals surface area contributed by atoms with Gasteiger partial charge in [-0.1, -0.05) is 50.0 Å². The summed E-state index contributed by atoms with van der Waals surface area (Å²) in [4.78, 5) is 4.84. The van der Waals surface area contributed by atoms with Crippen molar-refractivity contribution >= 4 is 35.0 Å². The number of ether oxygens (including phenoxy) is 3. The van der Waals surface area contributed by atoms with E-state index in [-0.39, 0.29) is 18.2 Å². The van der Waals surface area contributed by atoms with Gasteiger partial charge in [0.05, 0.1) is 23.7 Å². The standard InChI is InChI=1S/C25H34BrN3O3Si/c1-18(19-8-6-5-7-9-19)27-22-15-31-16-23(22)32-25-21(26)14-20-10-11-29(24(20)28-25)17-30-12-13-33(2,3)4/h5-11,14,18,22-23,27H,12-13,15-17H2,1-4H3/t18?,22-,23-/m1/s1. The van der Waals surface area contributed by atoms with Gasteiger partial charge in [0, 0.05) is 32.3 Å². The molecule has 0 bridgehead atoms. The van der Waals surface area contributed by atoms with Gasteiger partial charge in [-0.2, -0.15) is 4.98 Å². The van der Waals surface area contributed by atoms with Crippen LogP contribution in [-0.2, 0) is 16.2 Å². The number of fused-ring (bicyclic) bond motifs is 1. The van der Waals surface area contributed by atoms with E-state index in [1.165, 1.54) is 5.56 Å². The van der Waals surface area contributed by atoms with Gasteiger partial charge in [-0.25, -0.2) is 0 Å². The number of hydrogen-bond donors (Lipinski definition) is 1. The second kappa shape index (κ2) is 10.7. The fourth-order valence-corrected chi connectivity index (χ4v) is 5.09. The van der Waals surface area contributed by atoms with Crippen LogP contribution < -0.4 is 10.1 Å². The Bertz CT molecular complexity index is 1050. The zero-order valence-electron chi connectivity index (χ0n) is 19.9. The minimum Gasteiger partial charge on any atom is -0.469 e. The Hall–Kier alpha value is -1.71. The molecule has 1 fully saturated rings. The highest BCUT2D eigenvalue weighted by Gasteiger charge is 2.32. The van der Waals surface area contributed by atoms with Gasteiger partial charge in [0.25, 0.3) is 0 Å². The van der Waals surface area contributed by atoms with Crippen LogP contribution in [0, 0.1) is 0 Å². The quantitative estimate of drug-likeness (QED) is 0.272. The summed E-state index contributed by atoms with van der Waals surface area (Å²) in [6.07, 6.45) is 1.90. The topological polar surface area (TPSA) is 57.5 Å². The fourth-order valence-electron chi connectivity index (χ4n) is 3.91. The molecule has 0 radical (unpaired) electrons. The maximum atomic E-state index is 6.36. The number of benzene rings is 1. The molecule has 0 saturated carbocycles. The highest BCUT2D eigenvalue weighted by Crippen LogP contribution is 2.30. The molecule has 6 nitrogen and oxygen atoms in total. The van der Waals surface area contributed by atoms with Crippen LogP contribution in [0.15, 0.2) is 53.1 Å². The first-order chi connectivity index (χ1) is 15.8. The molecule has 1 aliphatic heterocycles. The molecule has 8 heteroatoms. The lowest BCUT2D eigenvalue weighted by Crippen LogP contribution is -2.43. The van der Waals surface area contributed by atoms with E-state index in [1.54, 1.807) is 0 Å². The van der Waals surface area contributed by atoms with Crippen LogP contribution in [0.5, 0.6) is 5.88 Å². The molecule has 0 spiro atoms. The van der Waals surface area contributed by atoms with Gasteiger partial charge < -0.3 is 24.1 Å². The van der Waals surface area contributed by atoms with Crippen LogP contribution in [0.4, 0.5) is 0 Å². The summed E-state index contributed by atoms with van der Waals surface area (Å²) in [5.74, 6) is 0.583. The van der Waals surface area contributed by atoms with Gasteiger partial charge in [0.15, 0.2) is 0 Å². The molecule has 33 heavy (non-hydrogen) atoms. The lowest BCUT2D eigenvalue weighted by molar-refractivity contribution is 0.0896. The third-order valence-electron chi connectivity index (χ3n) is 5.94. The number of nitrogens with zero attached hydrogens (tertiary/aromatic N) is 2. The van der Waals surface area contributed by atoms with Crippen molar-refractivity contribution in [3.05, 3.63) is 58.7 Å². The Morgan fingerprint density at radius 3 is 2.76 bits per heavy atom.